The van der Waals surface area contributed by atoms with Crippen LogP contribution < -0.4 is 10.5 Å². The van der Waals surface area contributed by atoms with Gasteiger partial charge in [-0.2, -0.15) is 0 Å². The van der Waals surface area contributed by atoms with Crippen molar-refractivity contribution >= 4 is 0 Å². The molecule has 1 aromatic carbocycles. The Morgan fingerprint density at radius 2 is 1.94 bits per heavy atom. The lowest BCUT2D eigenvalue weighted by atomic mass is 10.0. The minimum atomic E-state index is -0.255. The van der Waals surface area contributed by atoms with E-state index < -0.39 is 0 Å². The number of benzene rings is 1. The lowest BCUT2D eigenvalue weighted by molar-refractivity contribution is 0.255. The average molecular weight is 253 g/mol. The maximum atomic E-state index is 13.5. The fourth-order valence-electron chi connectivity index (χ4n) is 1.63. The molecule has 0 aromatic heterocycles. The van der Waals surface area contributed by atoms with Gasteiger partial charge in [-0.25, -0.2) is 4.39 Å². The third-order valence-corrected chi connectivity index (χ3v) is 3.18. The van der Waals surface area contributed by atoms with Gasteiger partial charge in [-0.3, -0.25) is 0 Å². The smallest absolute Gasteiger partial charge is 0.127 e. The van der Waals surface area contributed by atoms with Crippen molar-refractivity contribution in [3.8, 4) is 5.75 Å². The molecule has 2 nitrogen and oxygen atoms in total. The zero-order chi connectivity index (χ0) is 13.5. The quantitative estimate of drug-likeness (QED) is 0.806. The third-order valence-electron chi connectivity index (χ3n) is 3.18. The zero-order valence-corrected chi connectivity index (χ0v) is 11.6. The zero-order valence-electron chi connectivity index (χ0n) is 11.6. The predicted octanol–water partition coefficient (Wildman–Crippen LogP) is 3.53. The maximum Gasteiger partial charge on any atom is 0.127 e. The molecule has 0 spiro atoms. The van der Waals surface area contributed by atoms with Crippen LogP contribution in [-0.4, -0.2) is 12.6 Å². The van der Waals surface area contributed by atoms with Gasteiger partial charge in [0.2, 0.25) is 0 Å². The van der Waals surface area contributed by atoms with E-state index in [0.29, 0.717) is 24.7 Å². The Kier molecular flexibility index (Phi) is 6.13. The molecule has 0 amide bonds. The van der Waals surface area contributed by atoms with Crippen LogP contribution in [0.4, 0.5) is 4.39 Å². The number of hydrogen-bond donors (Lipinski definition) is 1. The van der Waals surface area contributed by atoms with Gasteiger partial charge in [0.25, 0.3) is 0 Å². The third kappa shape index (κ3) is 5.05. The van der Waals surface area contributed by atoms with Crippen LogP contribution in [-0.2, 0) is 6.42 Å². The fraction of sp³-hybridized carbons (Fsp3) is 0.600. The summed E-state index contributed by atoms with van der Waals surface area (Å²) < 4.78 is 19.1. The molecule has 0 fully saturated rings. The van der Waals surface area contributed by atoms with Crippen molar-refractivity contribution < 1.29 is 9.13 Å². The molecule has 18 heavy (non-hydrogen) atoms. The van der Waals surface area contributed by atoms with Gasteiger partial charge in [-0.15, -0.1) is 0 Å². The summed E-state index contributed by atoms with van der Waals surface area (Å²) in [7, 11) is 0. The van der Waals surface area contributed by atoms with Gasteiger partial charge in [-0.1, -0.05) is 27.2 Å². The molecule has 0 aliphatic rings. The molecule has 2 unspecified atom stereocenters. The molecule has 1 rings (SSSR count). The van der Waals surface area contributed by atoms with Crippen LogP contribution in [0.3, 0.4) is 0 Å². The second-order valence-corrected chi connectivity index (χ2v) is 4.99. The number of halogens is 1. The van der Waals surface area contributed by atoms with E-state index in [1.807, 2.05) is 13.0 Å². The summed E-state index contributed by atoms with van der Waals surface area (Å²) >= 11 is 0. The molecule has 2 atom stereocenters. The second kappa shape index (κ2) is 7.37. The van der Waals surface area contributed by atoms with Crippen LogP contribution in [0.15, 0.2) is 18.2 Å². The fourth-order valence-corrected chi connectivity index (χ4v) is 1.63. The molecule has 1 aromatic rings. The van der Waals surface area contributed by atoms with Gasteiger partial charge in [-0.05, 0) is 36.5 Å². The van der Waals surface area contributed by atoms with E-state index in [0.717, 1.165) is 18.4 Å². The van der Waals surface area contributed by atoms with Gasteiger partial charge in [0, 0.05) is 12.1 Å². The highest BCUT2D eigenvalue weighted by Gasteiger charge is 2.07. The highest BCUT2D eigenvalue weighted by Crippen LogP contribution is 2.19. The monoisotopic (exact) mass is 253 g/mol. The number of ether oxygens (including phenoxy) is 1. The van der Waals surface area contributed by atoms with Gasteiger partial charge >= 0.3 is 0 Å². The molecular formula is C15H24FNO. The molecule has 0 saturated carbocycles. The first-order valence-corrected chi connectivity index (χ1v) is 6.73. The minimum absolute atomic E-state index is 0.0780. The first-order valence-electron chi connectivity index (χ1n) is 6.73. The van der Waals surface area contributed by atoms with Crippen LogP contribution in [0, 0.1) is 11.7 Å². The molecule has 102 valence electrons. The standard InChI is InChI=1S/C15H24FNO/c1-4-11(3)10-18-15-8-12(6-13(16)9-15)7-14(17)5-2/h6,8-9,11,14H,4-5,7,10,17H2,1-3H3. The summed E-state index contributed by atoms with van der Waals surface area (Å²) in [6.45, 7) is 6.89. The number of nitrogens with two attached hydrogens (primary N) is 1. The lowest BCUT2D eigenvalue weighted by Crippen LogP contribution is -2.21. The van der Waals surface area contributed by atoms with Crippen molar-refractivity contribution in [2.75, 3.05) is 6.61 Å². The van der Waals surface area contributed by atoms with Gasteiger partial charge < -0.3 is 10.5 Å². The molecule has 2 N–H and O–H groups in total. The Hall–Kier alpha value is -1.09. The van der Waals surface area contributed by atoms with E-state index in [2.05, 4.69) is 13.8 Å². The summed E-state index contributed by atoms with van der Waals surface area (Å²) in [5.41, 5.74) is 6.79. The molecule has 0 heterocycles. The molecule has 0 aliphatic carbocycles. The summed E-state index contributed by atoms with van der Waals surface area (Å²) in [5, 5.41) is 0. The van der Waals surface area contributed by atoms with E-state index in [9.17, 15) is 4.39 Å². The van der Waals surface area contributed by atoms with Crippen molar-refractivity contribution in [2.24, 2.45) is 11.7 Å². The van der Waals surface area contributed by atoms with Crippen molar-refractivity contribution in [2.45, 2.75) is 46.1 Å². The molecular weight excluding hydrogens is 229 g/mol. The Balaban J connectivity index is 2.68. The van der Waals surface area contributed by atoms with Crippen molar-refractivity contribution in [3.05, 3.63) is 29.6 Å². The maximum absolute atomic E-state index is 13.5. The summed E-state index contributed by atoms with van der Waals surface area (Å²) in [6.07, 6.45) is 2.64. The van der Waals surface area contributed by atoms with Crippen LogP contribution in [0.5, 0.6) is 5.75 Å². The molecule has 0 saturated heterocycles. The van der Waals surface area contributed by atoms with Gasteiger partial charge in [0.1, 0.15) is 11.6 Å². The molecule has 0 radical (unpaired) electrons. The van der Waals surface area contributed by atoms with Crippen LogP contribution in [0.25, 0.3) is 0 Å². The van der Waals surface area contributed by atoms with Gasteiger partial charge in [0.15, 0.2) is 0 Å². The highest BCUT2D eigenvalue weighted by molar-refractivity contribution is 5.30. The Morgan fingerprint density at radius 1 is 1.22 bits per heavy atom. The summed E-state index contributed by atoms with van der Waals surface area (Å²) in [4.78, 5) is 0. The number of hydrogen-bond acceptors (Lipinski definition) is 2. The normalized spacial score (nSPS) is 14.3. The van der Waals surface area contributed by atoms with Crippen LogP contribution in [0.1, 0.15) is 39.2 Å². The topological polar surface area (TPSA) is 35.2 Å². The number of rotatable bonds is 7. The summed E-state index contributed by atoms with van der Waals surface area (Å²) in [5.74, 6) is 0.832. The first kappa shape index (κ1) is 15.0. The van der Waals surface area contributed by atoms with E-state index in [1.165, 1.54) is 12.1 Å². The molecule has 3 heteroatoms. The van der Waals surface area contributed by atoms with Crippen LogP contribution >= 0.6 is 0 Å². The van der Waals surface area contributed by atoms with Crippen LogP contribution in [0.2, 0.25) is 0 Å². The van der Waals surface area contributed by atoms with E-state index >= 15 is 0 Å². The molecule has 0 bridgehead atoms. The summed E-state index contributed by atoms with van der Waals surface area (Å²) in [6, 6.07) is 4.94. The van der Waals surface area contributed by atoms with E-state index in [1.54, 1.807) is 0 Å². The van der Waals surface area contributed by atoms with Crippen molar-refractivity contribution in [1.82, 2.24) is 0 Å². The highest BCUT2D eigenvalue weighted by atomic mass is 19.1. The van der Waals surface area contributed by atoms with E-state index in [4.69, 9.17) is 10.5 Å². The minimum Gasteiger partial charge on any atom is -0.493 e. The molecule has 0 aliphatic heterocycles. The Bertz CT molecular complexity index is 368. The second-order valence-electron chi connectivity index (χ2n) is 4.99. The first-order chi connectivity index (χ1) is 8.55. The average Bonchev–Trinajstić information content (AvgIpc) is 2.35. The largest absolute Gasteiger partial charge is 0.493 e. The predicted molar refractivity (Wildman–Crippen MR) is 73.3 cm³/mol. The van der Waals surface area contributed by atoms with Gasteiger partial charge in [0.05, 0.1) is 6.61 Å². The SMILES string of the molecule is CCC(C)COc1cc(F)cc(CC(N)CC)c1. The Labute approximate surface area is 109 Å². The van der Waals surface area contributed by atoms with Crippen molar-refractivity contribution in [1.29, 1.82) is 0 Å². The van der Waals surface area contributed by atoms with E-state index in [-0.39, 0.29) is 11.9 Å². The Morgan fingerprint density at radius 3 is 2.56 bits per heavy atom. The van der Waals surface area contributed by atoms with Crippen molar-refractivity contribution in [3.63, 3.8) is 0 Å². The lowest BCUT2D eigenvalue weighted by Gasteiger charge is -2.13.